The molecule has 0 atom stereocenters. The van der Waals surface area contributed by atoms with Crippen molar-refractivity contribution in [2.24, 2.45) is 0 Å². The second kappa shape index (κ2) is 6.59. The van der Waals surface area contributed by atoms with Gasteiger partial charge >= 0.3 is 0 Å². The van der Waals surface area contributed by atoms with E-state index in [1.807, 2.05) is 0 Å². The Morgan fingerprint density at radius 2 is 2.00 bits per heavy atom. The molecule has 0 unspecified atom stereocenters. The van der Waals surface area contributed by atoms with Crippen molar-refractivity contribution >= 4 is 16.9 Å². The molecule has 0 bridgehead atoms. The molecule has 7 heteroatoms. The fourth-order valence-electron chi connectivity index (χ4n) is 2.80. The Balaban J connectivity index is 1.45. The number of carbonyl (C=O) groups excluding carboxylic acids is 1. The number of aromatic nitrogens is 2. The van der Waals surface area contributed by atoms with E-state index in [-0.39, 0.29) is 29.8 Å². The quantitative estimate of drug-likeness (QED) is 0.754. The third kappa shape index (κ3) is 3.28. The average molecular weight is 351 g/mol. The predicted molar refractivity (Wildman–Crippen MR) is 95.3 cm³/mol. The van der Waals surface area contributed by atoms with Crippen LogP contribution >= 0.6 is 0 Å². The molecule has 1 amide bonds. The Morgan fingerprint density at radius 1 is 1.19 bits per heavy atom. The standard InChI is InChI=1S/C19H17N3O4/c23-15-11-17(26-16-4-2-1-3-13(15)16)19(25)20-9-10-22-18(24)8-7-14(21-22)12-5-6-12/h1-4,7-8,11-12H,5-6,9-10H2,(H,20,25). The van der Waals surface area contributed by atoms with Crippen LogP contribution in [-0.4, -0.2) is 22.2 Å². The number of fused-ring (bicyclic) bond motifs is 1. The number of nitrogens with zero attached hydrogens (tertiary/aromatic N) is 2. The van der Waals surface area contributed by atoms with Crippen LogP contribution in [-0.2, 0) is 6.54 Å². The highest BCUT2D eigenvalue weighted by molar-refractivity contribution is 5.93. The fraction of sp³-hybridized carbons (Fsp3) is 0.263. The van der Waals surface area contributed by atoms with Crippen LogP contribution in [0.1, 0.15) is 35.0 Å². The first-order chi connectivity index (χ1) is 12.6. The van der Waals surface area contributed by atoms with E-state index < -0.39 is 5.91 Å². The number of nitrogens with one attached hydrogen (secondary N) is 1. The highest BCUT2D eigenvalue weighted by Crippen LogP contribution is 2.38. The van der Waals surface area contributed by atoms with E-state index in [1.54, 1.807) is 30.3 Å². The summed E-state index contributed by atoms with van der Waals surface area (Å²) < 4.78 is 6.85. The summed E-state index contributed by atoms with van der Waals surface area (Å²) in [6, 6.07) is 11.2. The van der Waals surface area contributed by atoms with Crippen LogP contribution in [0, 0.1) is 0 Å². The topological polar surface area (TPSA) is 94.2 Å². The van der Waals surface area contributed by atoms with Gasteiger partial charge in [0.05, 0.1) is 17.6 Å². The van der Waals surface area contributed by atoms with Crippen molar-refractivity contribution < 1.29 is 9.21 Å². The van der Waals surface area contributed by atoms with Crippen molar-refractivity contribution in [1.82, 2.24) is 15.1 Å². The van der Waals surface area contributed by atoms with Crippen LogP contribution in [0.3, 0.4) is 0 Å². The van der Waals surface area contributed by atoms with Crippen molar-refractivity contribution in [3.63, 3.8) is 0 Å². The summed E-state index contributed by atoms with van der Waals surface area (Å²) in [7, 11) is 0. The Hall–Kier alpha value is -3.22. The molecule has 1 aliphatic rings. The molecule has 132 valence electrons. The molecule has 0 aliphatic heterocycles. The summed E-state index contributed by atoms with van der Waals surface area (Å²) in [4.78, 5) is 36.2. The Labute approximate surface area is 148 Å². The van der Waals surface area contributed by atoms with E-state index >= 15 is 0 Å². The van der Waals surface area contributed by atoms with E-state index in [0.717, 1.165) is 18.5 Å². The number of hydrogen-bond acceptors (Lipinski definition) is 5. The maximum atomic E-state index is 12.2. The van der Waals surface area contributed by atoms with Crippen LogP contribution in [0.15, 0.2) is 56.5 Å². The van der Waals surface area contributed by atoms with Crippen molar-refractivity contribution in [3.05, 3.63) is 74.5 Å². The largest absolute Gasteiger partial charge is 0.451 e. The second-order valence-electron chi connectivity index (χ2n) is 6.32. The smallest absolute Gasteiger partial charge is 0.287 e. The number of hydrogen-bond donors (Lipinski definition) is 1. The molecule has 26 heavy (non-hydrogen) atoms. The SMILES string of the molecule is O=C(NCCn1nc(C2CC2)ccc1=O)c1cc(=O)c2ccccc2o1. The molecule has 1 fully saturated rings. The number of rotatable bonds is 5. The van der Waals surface area contributed by atoms with Gasteiger partial charge in [0.2, 0.25) is 0 Å². The van der Waals surface area contributed by atoms with Crippen LogP contribution in [0.5, 0.6) is 0 Å². The Morgan fingerprint density at radius 3 is 2.81 bits per heavy atom. The van der Waals surface area contributed by atoms with Crippen LogP contribution in [0.2, 0.25) is 0 Å². The van der Waals surface area contributed by atoms with Gasteiger partial charge in [-0.1, -0.05) is 12.1 Å². The van der Waals surface area contributed by atoms with E-state index in [1.165, 1.54) is 16.8 Å². The van der Waals surface area contributed by atoms with E-state index in [2.05, 4.69) is 10.4 Å². The highest BCUT2D eigenvalue weighted by Gasteiger charge is 2.25. The highest BCUT2D eigenvalue weighted by atomic mass is 16.3. The van der Waals surface area contributed by atoms with Gasteiger partial charge < -0.3 is 9.73 Å². The number of benzene rings is 1. The van der Waals surface area contributed by atoms with Crippen molar-refractivity contribution in [2.45, 2.75) is 25.3 Å². The lowest BCUT2D eigenvalue weighted by atomic mass is 10.2. The minimum Gasteiger partial charge on any atom is -0.451 e. The predicted octanol–water partition coefficient (Wildman–Crippen LogP) is 1.66. The fourth-order valence-corrected chi connectivity index (χ4v) is 2.80. The summed E-state index contributed by atoms with van der Waals surface area (Å²) in [5.74, 6) is -0.108. The molecule has 2 heterocycles. The summed E-state index contributed by atoms with van der Waals surface area (Å²) in [6.45, 7) is 0.458. The molecule has 1 aliphatic carbocycles. The van der Waals surface area contributed by atoms with Gasteiger partial charge in [-0.25, -0.2) is 4.68 Å². The molecule has 0 spiro atoms. The first kappa shape index (κ1) is 16.3. The lowest BCUT2D eigenvalue weighted by molar-refractivity contribution is 0.0924. The Bertz CT molecular complexity index is 1100. The summed E-state index contributed by atoms with van der Waals surface area (Å²) >= 11 is 0. The van der Waals surface area contributed by atoms with Gasteiger partial charge in [-0.15, -0.1) is 0 Å². The van der Waals surface area contributed by atoms with Gasteiger partial charge in [0.15, 0.2) is 11.2 Å². The molecule has 3 aromatic rings. The summed E-state index contributed by atoms with van der Waals surface area (Å²) in [6.07, 6.45) is 2.20. The first-order valence-corrected chi connectivity index (χ1v) is 8.51. The second-order valence-corrected chi connectivity index (χ2v) is 6.32. The summed E-state index contributed by atoms with van der Waals surface area (Å²) in [5, 5.41) is 7.43. The zero-order valence-corrected chi connectivity index (χ0v) is 14.0. The van der Waals surface area contributed by atoms with Crippen molar-refractivity contribution in [1.29, 1.82) is 0 Å². The molecular formula is C19H17N3O4. The molecule has 7 nitrogen and oxygen atoms in total. The third-order valence-electron chi connectivity index (χ3n) is 4.35. The molecular weight excluding hydrogens is 334 g/mol. The number of para-hydroxylation sites is 1. The third-order valence-corrected chi connectivity index (χ3v) is 4.35. The normalized spacial score (nSPS) is 13.7. The maximum absolute atomic E-state index is 12.2. The Kier molecular flexibility index (Phi) is 4.12. The van der Waals surface area contributed by atoms with E-state index in [9.17, 15) is 14.4 Å². The van der Waals surface area contributed by atoms with Crippen molar-refractivity contribution in [2.75, 3.05) is 6.54 Å². The maximum Gasteiger partial charge on any atom is 0.287 e. The molecule has 0 saturated heterocycles. The van der Waals surface area contributed by atoms with Gasteiger partial charge in [0.25, 0.3) is 11.5 Å². The molecule has 2 aromatic heterocycles. The van der Waals surface area contributed by atoms with Gasteiger partial charge in [0, 0.05) is 24.6 Å². The zero-order chi connectivity index (χ0) is 18.1. The average Bonchev–Trinajstić information content (AvgIpc) is 3.48. The first-order valence-electron chi connectivity index (χ1n) is 8.51. The van der Waals surface area contributed by atoms with E-state index in [4.69, 9.17) is 4.42 Å². The van der Waals surface area contributed by atoms with Crippen LogP contribution < -0.4 is 16.3 Å². The molecule has 4 rings (SSSR count). The van der Waals surface area contributed by atoms with Gasteiger partial charge in [-0.05, 0) is 31.0 Å². The minimum atomic E-state index is -0.501. The van der Waals surface area contributed by atoms with Gasteiger partial charge in [0.1, 0.15) is 5.58 Å². The summed E-state index contributed by atoms with van der Waals surface area (Å²) in [5.41, 5.74) is 0.796. The number of carbonyl (C=O) groups is 1. The van der Waals surface area contributed by atoms with Crippen LogP contribution in [0.25, 0.3) is 11.0 Å². The lowest BCUT2D eigenvalue weighted by Gasteiger charge is -2.08. The van der Waals surface area contributed by atoms with Crippen molar-refractivity contribution in [3.8, 4) is 0 Å². The van der Waals surface area contributed by atoms with Crippen LogP contribution in [0.4, 0.5) is 0 Å². The van der Waals surface area contributed by atoms with Gasteiger partial charge in [-0.2, -0.15) is 5.10 Å². The monoisotopic (exact) mass is 351 g/mol. The minimum absolute atomic E-state index is 0.0549. The number of amides is 1. The molecule has 1 N–H and O–H groups in total. The molecule has 1 aromatic carbocycles. The molecule has 0 radical (unpaired) electrons. The lowest BCUT2D eigenvalue weighted by Crippen LogP contribution is -2.32. The zero-order valence-electron chi connectivity index (χ0n) is 14.0. The van der Waals surface area contributed by atoms with Gasteiger partial charge in [-0.3, -0.25) is 14.4 Å². The van der Waals surface area contributed by atoms with E-state index in [0.29, 0.717) is 16.9 Å². The molecule has 1 saturated carbocycles.